The summed E-state index contributed by atoms with van der Waals surface area (Å²) in [4.78, 5) is 26.4. The molecule has 0 spiro atoms. The largest absolute Gasteiger partial charge is 0.322 e. The van der Waals surface area contributed by atoms with E-state index in [9.17, 15) is 18.0 Å². The zero-order valence-electron chi connectivity index (χ0n) is 16.6. The summed E-state index contributed by atoms with van der Waals surface area (Å²) in [6.07, 6.45) is 1.33. The molecular weight excluding hydrogens is 414 g/mol. The van der Waals surface area contributed by atoms with Gasteiger partial charge in [-0.3, -0.25) is 14.3 Å². The van der Waals surface area contributed by atoms with Crippen LogP contribution in [0.25, 0.3) is 0 Å². The van der Waals surface area contributed by atoms with Crippen LogP contribution in [0, 0.1) is 0 Å². The fraction of sp³-hybridized carbons (Fsp3) is 0.130. The molecule has 3 aromatic rings. The molecule has 0 saturated carbocycles. The molecule has 1 saturated heterocycles. The molecule has 8 heteroatoms. The maximum atomic E-state index is 12.6. The Morgan fingerprint density at radius 1 is 0.871 bits per heavy atom. The van der Waals surface area contributed by atoms with Crippen molar-refractivity contribution in [2.45, 2.75) is 17.7 Å². The number of hydrogen-bond acceptors (Lipinski definition) is 4. The topological polar surface area (TPSA) is 95.6 Å². The van der Waals surface area contributed by atoms with E-state index in [2.05, 4.69) is 10.0 Å². The number of amides is 2. The number of nitrogens with zero attached hydrogens (tertiary/aromatic N) is 1. The van der Waals surface area contributed by atoms with Crippen LogP contribution >= 0.6 is 0 Å². The van der Waals surface area contributed by atoms with E-state index in [4.69, 9.17) is 0 Å². The summed E-state index contributed by atoms with van der Waals surface area (Å²) >= 11 is 0. The zero-order chi connectivity index (χ0) is 21.8. The van der Waals surface area contributed by atoms with Gasteiger partial charge in [0.2, 0.25) is 5.91 Å². The third-order valence-corrected chi connectivity index (χ3v) is 6.34. The minimum Gasteiger partial charge on any atom is -0.322 e. The second-order valence-corrected chi connectivity index (χ2v) is 8.83. The molecule has 1 aliphatic heterocycles. The van der Waals surface area contributed by atoms with Crippen LogP contribution in [-0.4, -0.2) is 26.8 Å². The molecule has 1 aliphatic rings. The summed E-state index contributed by atoms with van der Waals surface area (Å²) in [5.74, 6) is -0.287. The number of carbonyl (C=O) groups excluding carboxylic acids is 2. The van der Waals surface area contributed by atoms with Crippen LogP contribution in [0.3, 0.4) is 0 Å². The van der Waals surface area contributed by atoms with Crippen LogP contribution in [0.2, 0.25) is 0 Å². The number of rotatable bonds is 6. The van der Waals surface area contributed by atoms with Gasteiger partial charge in [-0.05, 0) is 61.0 Å². The van der Waals surface area contributed by atoms with Crippen molar-refractivity contribution < 1.29 is 18.0 Å². The molecule has 1 heterocycles. The molecule has 4 rings (SSSR count). The van der Waals surface area contributed by atoms with E-state index < -0.39 is 10.0 Å². The monoisotopic (exact) mass is 435 g/mol. The van der Waals surface area contributed by atoms with E-state index >= 15 is 0 Å². The van der Waals surface area contributed by atoms with Gasteiger partial charge >= 0.3 is 0 Å². The van der Waals surface area contributed by atoms with Crippen molar-refractivity contribution in [2.75, 3.05) is 21.5 Å². The summed E-state index contributed by atoms with van der Waals surface area (Å²) < 4.78 is 27.5. The maximum absolute atomic E-state index is 12.6. The van der Waals surface area contributed by atoms with Gasteiger partial charge in [0, 0.05) is 35.6 Å². The fourth-order valence-electron chi connectivity index (χ4n) is 3.38. The number of para-hydroxylation sites is 1. The van der Waals surface area contributed by atoms with Crippen LogP contribution in [0.5, 0.6) is 0 Å². The van der Waals surface area contributed by atoms with Crippen LogP contribution in [0.15, 0.2) is 83.8 Å². The lowest BCUT2D eigenvalue weighted by atomic mass is 10.1. The molecular formula is C23H21N3O4S. The van der Waals surface area contributed by atoms with Gasteiger partial charge in [0.05, 0.1) is 4.90 Å². The quantitative estimate of drug-likeness (QED) is 0.614. The Morgan fingerprint density at radius 3 is 2.29 bits per heavy atom. The summed E-state index contributed by atoms with van der Waals surface area (Å²) in [6, 6.07) is 21.4. The summed E-state index contributed by atoms with van der Waals surface area (Å²) in [7, 11) is -3.73. The molecule has 0 aromatic heterocycles. The van der Waals surface area contributed by atoms with Gasteiger partial charge in [-0.25, -0.2) is 8.42 Å². The van der Waals surface area contributed by atoms with Crippen molar-refractivity contribution in [3.05, 3.63) is 84.4 Å². The Morgan fingerprint density at radius 2 is 1.61 bits per heavy atom. The molecule has 31 heavy (non-hydrogen) atoms. The minimum atomic E-state index is -3.73. The molecule has 158 valence electrons. The van der Waals surface area contributed by atoms with Crippen molar-refractivity contribution >= 4 is 38.9 Å². The van der Waals surface area contributed by atoms with Crippen molar-refractivity contribution in [3.8, 4) is 0 Å². The second-order valence-electron chi connectivity index (χ2n) is 7.15. The van der Waals surface area contributed by atoms with Gasteiger partial charge in [-0.2, -0.15) is 0 Å². The zero-order valence-corrected chi connectivity index (χ0v) is 17.4. The fourth-order valence-corrected chi connectivity index (χ4v) is 4.44. The molecule has 7 nitrogen and oxygen atoms in total. The van der Waals surface area contributed by atoms with Crippen molar-refractivity contribution in [3.63, 3.8) is 0 Å². The first kappa shape index (κ1) is 20.6. The highest BCUT2D eigenvalue weighted by atomic mass is 32.2. The maximum Gasteiger partial charge on any atom is 0.261 e. The molecule has 0 atom stereocenters. The standard InChI is InChI=1S/C23H21N3O4S/c27-22-10-5-15-26(22)20-9-4-6-17(16-20)23(28)24-18-11-13-21(14-12-18)31(29,30)25-19-7-2-1-3-8-19/h1-4,6-9,11-14,16,25H,5,10,15H2,(H,24,28). The highest BCUT2D eigenvalue weighted by Crippen LogP contribution is 2.23. The molecule has 0 radical (unpaired) electrons. The van der Waals surface area contributed by atoms with Crippen LogP contribution in [-0.2, 0) is 14.8 Å². The summed E-state index contributed by atoms with van der Waals surface area (Å²) in [6.45, 7) is 0.650. The minimum absolute atomic E-state index is 0.0541. The Bertz CT molecular complexity index is 1210. The molecule has 1 fully saturated rings. The van der Waals surface area contributed by atoms with E-state index in [1.54, 1.807) is 59.5 Å². The van der Waals surface area contributed by atoms with Gasteiger partial charge in [0.25, 0.3) is 15.9 Å². The number of nitrogens with one attached hydrogen (secondary N) is 2. The van der Waals surface area contributed by atoms with E-state index in [0.717, 1.165) is 6.42 Å². The lowest BCUT2D eigenvalue weighted by Gasteiger charge is -2.16. The van der Waals surface area contributed by atoms with E-state index in [0.29, 0.717) is 35.6 Å². The third kappa shape index (κ3) is 4.75. The van der Waals surface area contributed by atoms with E-state index in [1.165, 1.54) is 24.3 Å². The average molecular weight is 436 g/mol. The number of carbonyl (C=O) groups is 2. The first-order chi connectivity index (χ1) is 14.9. The molecule has 0 unspecified atom stereocenters. The highest BCUT2D eigenvalue weighted by molar-refractivity contribution is 7.92. The number of anilines is 3. The summed E-state index contributed by atoms with van der Waals surface area (Å²) in [5.41, 5.74) is 2.05. The number of hydrogen-bond donors (Lipinski definition) is 2. The predicted molar refractivity (Wildman–Crippen MR) is 120 cm³/mol. The molecule has 0 aliphatic carbocycles. The Kier molecular flexibility index (Phi) is 5.73. The van der Waals surface area contributed by atoms with Gasteiger partial charge in [0.1, 0.15) is 0 Å². The lowest BCUT2D eigenvalue weighted by molar-refractivity contribution is -0.117. The Labute approximate surface area is 180 Å². The van der Waals surface area contributed by atoms with Gasteiger partial charge in [-0.15, -0.1) is 0 Å². The third-order valence-electron chi connectivity index (χ3n) is 4.94. The Balaban J connectivity index is 1.45. The number of benzene rings is 3. The predicted octanol–water partition coefficient (Wildman–Crippen LogP) is 3.87. The van der Waals surface area contributed by atoms with Crippen molar-refractivity contribution in [2.24, 2.45) is 0 Å². The molecule has 0 bridgehead atoms. The molecule has 2 amide bonds. The first-order valence-corrected chi connectivity index (χ1v) is 11.3. The van der Waals surface area contributed by atoms with Crippen LogP contribution in [0.4, 0.5) is 17.1 Å². The highest BCUT2D eigenvalue weighted by Gasteiger charge is 2.22. The smallest absolute Gasteiger partial charge is 0.261 e. The van der Waals surface area contributed by atoms with Crippen molar-refractivity contribution in [1.82, 2.24) is 0 Å². The molecule has 2 N–H and O–H groups in total. The van der Waals surface area contributed by atoms with Gasteiger partial charge in [-0.1, -0.05) is 24.3 Å². The van der Waals surface area contributed by atoms with Gasteiger partial charge < -0.3 is 10.2 Å². The number of sulfonamides is 1. The van der Waals surface area contributed by atoms with Crippen molar-refractivity contribution in [1.29, 1.82) is 0 Å². The van der Waals surface area contributed by atoms with Crippen LogP contribution < -0.4 is 14.9 Å². The SMILES string of the molecule is O=C(Nc1ccc(S(=O)(=O)Nc2ccccc2)cc1)c1cccc(N2CCCC2=O)c1. The lowest BCUT2D eigenvalue weighted by Crippen LogP contribution is -2.24. The first-order valence-electron chi connectivity index (χ1n) is 9.82. The van der Waals surface area contributed by atoms with Gasteiger partial charge in [0.15, 0.2) is 0 Å². The summed E-state index contributed by atoms with van der Waals surface area (Å²) in [5, 5.41) is 2.76. The normalized spacial score (nSPS) is 13.8. The molecule has 3 aromatic carbocycles. The second kappa shape index (κ2) is 8.61. The Hall–Kier alpha value is -3.65. The van der Waals surface area contributed by atoms with E-state index in [1.807, 2.05) is 0 Å². The van der Waals surface area contributed by atoms with Crippen LogP contribution in [0.1, 0.15) is 23.2 Å². The average Bonchev–Trinajstić information content (AvgIpc) is 3.20. The van der Waals surface area contributed by atoms with E-state index in [-0.39, 0.29) is 16.7 Å².